The van der Waals surface area contributed by atoms with Gasteiger partial charge in [-0.15, -0.1) is 11.3 Å². The molecule has 2 heterocycles. The van der Waals surface area contributed by atoms with Gasteiger partial charge in [0, 0.05) is 24.4 Å². The molecule has 1 aliphatic rings. The first-order valence-corrected chi connectivity index (χ1v) is 9.53. The van der Waals surface area contributed by atoms with Gasteiger partial charge in [0.05, 0.1) is 25.9 Å². The number of thiophene rings is 1. The number of hydrazine groups is 1. The Balaban J connectivity index is 1.71. The lowest BCUT2D eigenvalue weighted by molar-refractivity contribution is 0.0252. The summed E-state index contributed by atoms with van der Waals surface area (Å²) in [5.41, 5.74) is 4.82. The molecule has 1 aliphatic heterocycles. The first-order chi connectivity index (χ1) is 12.7. The maximum absolute atomic E-state index is 12.1. The van der Waals surface area contributed by atoms with E-state index in [2.05, 4.69) is 22.9 Å². The third-order valence-electron chi connectivity index (χ3n) is 3.91. The molecule has 1 aromatic carbocycles. The first kappa shape index (κ1) is 18.8. The normalized spacial score (nSPS) is 14.7. The van der Waals surface area contributed by atoms with Crippen molar-refractivity contribution in [2.45, 2.75) is 6.42 Å². The summed E-state index contributed by atoms with van der Waals surface area (Å²) in [6.45, 7) is 2.86. The lowest BCUT2D eigenvalue weighted by Gasteiger charge is -2.28. The number of thiocarbonyl (C=S) groups is 1. The number of benzene rings is 1. The minimum absolute atomic E-state index is 0.378. The maximum Gasteiger partial charge on any atom is 0.340 e. The van der Waals surface area contributed by atoms with Gasteiger partial charge < -0.3 is 14.8 Å². The van der Waals surface area contributed by atoms with E-state index in [0.29, 0.717) is 28.9 Å². The number of carbonyl (C=O) groups excluding carboxylic acids is 1. The zero-order valence-corrected chi connectivity index (χ0v) is 16.1. The van der Waals surface area contributed by atoms with Crippen molar-refractivity contribution < 1.29 is 14.3 Å². The van der Waals surface area contributed by atoms with Gasteiger partial charge in [-0.1, -0.05) is 30.3 Å². The molecule has 2 aromatic rings. The summed E-state index contributed by atoms with van der Waals surface area (Å²) in [6.07, 6.45) is 0.751. The molecule has 0 aliphatic carbocycles. The van der Waals surface area contributed by atoms with Crippen LogP contribution in [-0.4, -0.2) is 49.5 Å². The largest absolute Gasteiger partial charge is 0.465 e. The number of ether oxygens (including phenoxy) is 2. The fraction of sp³-hybridized carbons (Fsp3) is 0.333. The highest BCUT2D eigenvalue weighted by molar-refractivity contribution is 7.80. The fourth-order valence-corrected chi connectivity index (χ4v) is 4.01. The second-order valence-corrected chi connectivity index (χ2v) is 7.32. The van der Waals surface area contributed by atoms with Gasteiger partial charge in [0.25, 0.3) is 0 Å². The minimum atomic E-state index is -0.378. The molecule has 0 saturated carbocycles. The van der Waals surface area contributed by atoms with Gasteiger partial charge in [-0.05, 0) is 23.8 Å². The lowest BCUT2D eigenvalue weighted by Crippen LogP contribution is -2.49. The topological polar surface area (TPSA) is 62.8 Å². The Bertz CT molecular complexity index is 758. The van der Waals surface area contributed by atoms with Crippen LogP contribution in [0.4, 0.5) is 5.00 Å². The van der Waals surface area contributed by atoms with E-state index in [9.17, 15) is 4.79 Å². The van der Waals surface area contributed by atoms with Crippen LogP contribution < -0.4 is 10.7 Å². The molecule has 0 unspecified atom stereocenters. The number of hydrogen-bond donors (Lipinski definition) is 2. The Morgan fingerprint density at radius 1 is 1.31 bits per heavy atom. The number of hydrogen-bond acceptors (Lipinski definition) is 6. The Morgan fingerprint density at radius 2 is 2.04 bits per heavy atom. The average molecular weight is 392 g/mol. The summed E-state index contributed by atoms with van der Waals surface area (Å²) >= 11 is 6.89. The Kier molecular flexibility index (Phi) is 6.56. The summed E-state index contributed by atoms with van der Waals surface area (Å²) in [5, 5.41) is 6.27. The Labute approximate surface area is 162 Å². The molecule has 138 valence electrons. The molecule has 8 heteroatoms. The molecule has 1 saturated heterocycles. The number of nitrogens with one attached hydrogen (secondary N) is 2. The van der Waals surface area contributed by atoms with Gasteiger partial charge >= 0.3 is 5.97 Å². The van der Waals surface area contributed by atoms with Crippen molar-refractivity contribution in [3.8, 4) is 0 Å². The number of carbonyl (C=O) groups is 1. The average Bonchev–Trinajstić information content (AvgIpc) is 3.04. The number of morpholine rings is 1. The molecular weight excluding hydrogens is 370 g/mol. The van der Waals surface area contributed by atoms with Crippen molar-refractivity contribution in [1.29, 1.82) is 0 Å². The van der Waals surface area contributed by atoms with E-state index in [4.69, 9.17) is 21.7 Å². The van der Waals surface area contributed by atoms with Gasteiger partial charge in [0.15, 0.2) is 5.11 Å². The van der Waals surface area contributed by atoms with Gasteiger partial charge in [-0.3, -0.25) is 5.43 Å². The van der Waals surface area contributed by atoms with E-state index in [1.165, 1.54) is 24.0 Å². The lowest BCUT2D eigenvalue weighted by atomic mass is 10.1. The smallest absolute Gasteiger partial charge is 0.340 e. The number of nitrogens with zero attached hydrogens (tertiary/aromatic N) is 1. The van der Waals surface area contributed by atoms with Crippen molar-refractivity contribution in [3.05, 3.63) is 52.4 Å². The highest BCUT2D eigenvalue weighted by atomic mass is 32.1. The van der Waals surface area contributed by atoms with Crippen LogP contribution in [-0.2, 0) is 15.9 Å². The molecule has 6 nitrogen and oxygen atoms in total. The van der Waals surface area contributed by atoms with Gasteiger partial charge in [0.2, 0.25) is 0 Å². The Morgan fingerprint density at radius 3 is 2.73 bits per heavy atom. The minimum Gasteiger partial charge on any atom is -0.465 e. The number of methoxy groups -OCH3 is 1. The summed E-state index contributed by atoms with van der Waals surface area (Å²) < 4.78 is 10.2. The van der Waals surface area contributed by atoms with Gasteiger partial charge in [-0.25, -0.2) is 9.80 Å². The molecule has 1 fully saturated rings. The summed E-state index contributed by atoms with van der Waals surface area (Å²) in [4.78, 5) is 13.2. The van der Waals surface area contributed by atoms with Crippen LogP contribution in [0, 0.1) is 0 Å². The monoisotopic (exact) mass is 391 g/mol. The quantitative estimate of drug-likeness (QED) is 0.600. The van der Waals surface area contributed by atoms with E-state index in [1.807, 2.05) is 29.3 Å². The predicted molar refractivity (Wildman–Crippen MR) is 107 cm³/mol. The molecule has 3 rings (SSSR count). The zero-order valence-electron chi connectivity index (χ0n) is 14.5. The predicted octanol–water partition coefficient (Wildman–Crippen LogP) is 2.66. The number of rotatable bonds is 5. The van der Waals surface area contributed by atoms with Crippen LogP contribution in [0.2, 0.25) is 0 Å². The van der Waals surface area contributed by atoms with Crippen LogP contribution in [0.3, 0.4) is 0 Å². The third-order valence-corrected chi connectivity index (χ3v) is 5.15. The summed E-state index contributed by atoms with van der Waals surface area (Å²) in [5.74, 6) is -0.378. The molecule has 0 amide bonds. The highest BCUT2D eigenvalue weighted by Crippen LogP contribution is 2.30. The van der Waals surface area contributed by atoms with Gasteiger partial charge in [-0.2, -0.15) is 0 Å². The number of esters is 1. The molecule has 0 spiro atoms. The second-order valence-electron chi connectivity index (χ2n) is 5.77. The Hall–Kier alpha value is -2.00. The maximum atomic E-state index is 12.1. The van der Waals surface area contributed by atoms with E-state index in [0.717, 1.165) is 24.4 Å². The molecule has 1 aromatic heterocycles. The number of anilines is 1. The van der Waals surface area contributed by atoms with Crippen LogP contribution >= 0.6 is 23.6 Å². The fourth-order valence-electron chi connectivity index (χ4n) is 2.63. The zero-order chi connectivity index (χ0) is 18.4. The molecule has 2 N–H and O–H groups in total. The van der Waals surface area contributed by atoms with Crippen molar-refractivity contribution in [2.24, 2.45) is 0 Å². The standard InChI is InChI=1S/C18H21N3O3S2/c1-23-17(22)15-12-14(11-13-5-3-2-4-6-13)26-16(15)19-18(25)20-21-7-9-24-10-8-21/h2-6,12H,7-11H2,1H3,(H2,19,20,25). The van der Waals surface area contributed by atoms with Gasteiger partial charge in [0.1, 0.15) is 5.00 Å². The molecule has 0 bridgehead atoms. The summed E-state index contributed by atoms with van der Waals surface area (Å²) in [6, 6.07) is 12.0. The van der Waals surface area contributed by atoms with Crippen LogP contribution in [0.5, 0.6) is 0 Å². The van der Waals surface area contributed by atoms with Crippen molar-refractivity contribution in [2.75, 3.05) is 38.7 Å². The van der Waals surface area contributed by atoms with E-state index >= 15 is 0 Å². The van der Waals surface area contributed by atoms with E-state index < -0.39 is 0 Å². The molecular formula is C18H21N3O3S2. The molecule has 0 atom stereocenters. The van der Waals surface area contributed by atoms with E-state index in [-0.39, 0.29) is 5.97 Å². The molecule has 0 radical (unpaired) electrons. The summed E-state index contributed by atoms with van der Waals surface area (Å²) in [7, 11) is 1.38. The van der Waals surface area contributed by atoms with Crippen LogP contribution in [0.25, 0.3) is 0 Å². The van der Waals surface area contributed by atoms with Crippen LogP contribution in [0.15, 0.2) is 36.4 Å². The third kappa shape index (κ3) is 5.01. The van der Waals surface area contributed by atoms with Crippen molar-refractivity contribution in [1.82, 2.24) is 10.4 Å². The second kappa shape index (κ2) is 9.09. The highest BCUT2D eigenvalue weighted by Gasteiger charge is 2.19. The van der Waals surface area contributed by atoms with Crippen molar-refractivity contribution in [3.63, 3.8) is 0 Å². The SMILES string of the molecule is COC(=O)c1cc(Cc2ccccc2)sc1NC(=S)NN1CCOCC1. The molecule has 26 heavy (non-hydrogen) atoms. The van der Waals surface area contributed by atoms with E-state index in [1.54, 1.807) is 0 Å². The van der Waals surface area contributed by atoms with Crippen LogP contribution in [0.1, 0.15) is 20.8 Å². The first-order valence-electron chi connectivity index (χ1n) is 8.31. The van der Waals surface area contributed by atoms with Crippen molar-refractivity contribution >= 4 is 39.6 Å².